The summed E-state index contributed by atoms with van der Waals surface area (Å²) in [6, 6.07) is 12.9. The van der Waals surface area contributed by atoms with Crippen molar-refractivity contribution in [2.75, 3.05) is 5.32 Å². The van der Waals surface area contributed by atoms with Crippen LogP contribution in [0, 0.1) is 0 Å². The number of nitrogens with zero attached hydrogens (tertiary/aromatic N) is 2. The first-order chi connectivity index (χ1) is 11.0. The van der Waals surface area contributed by atoms with Crippen LogP contribution in [0.5, 0.6) is 0 Å². The van der Waals surface area contributed by atoms with Crippen molar-refractivity contribution in [1.29, 1.82) is 0 Å². The van der Waals surface area contributed by atoms with Crippen molar-refractivity contribution in [1.82, 2.24) is 9.13 Å². The van der Waals surface area contributed by atoms with Gasteiger partial charge in [-0.25, -0.2) is 4.79 Å². The Labute approximate surface area is 149 Å². The number of carbonyl (C=O) groups is 1. The molecule has 0 spiro atoms. The van der Waals surface area contributed by atoms with Crippen molar-refractivity contribution in [3.05, 3.63) is 61.9 Å². The van der Waals surface area contributed by atoms with Gasteiger partial charge in [-0.1, -0.05) is 28.1 Å². The highest BCUT2D eigenvalue weighted by Gasteiger charge is 2.14. The van der Waals surface area contributed by atoms with Crippen LogP contribution < -0.4 is 11.0 Å². The van der Waals surface area contributed by atoms with Gasteiger partial charge in [-0.3, -0.25) is 13.9 Å². The molecule has 1 heterocycles. The van der Waals surface area contributed by atoms with E-state index in [1.807, 2.05) is 36.4 Å². The number of fused-ring (bicyclic) bond motifs is 1. The quantitative estimate of drug-likeness (QED) is 0.680. The third-order valence-electron chi connectivity index (χ3n) is 3.56. The van der Waals surface area contributed by atoms with E-state index in [1.54, 1.807) is 13.1 Å². The first kappa shape index (κ1) is 16.0. The Kier molecular flexibility index (Phi) is 4.41. The first-order valence-corrected chi connectivity index (χ1v) is 8.45. The Hall–Kier alpha value is -1.86. The number of halogens is 2. The zero-order chi connectivity index (χ0) is 16.6. The maximum absolute atomic E-state index is 12.3. The monoisotopic (exact) mass is 437 g/mol. The van der Waals surface area contributed by atoms with Crippen LogP contribution in [0.4, 0.5) is 5.69 Å². The number of hydrogen-bond donors (Lipinski definition) is 1. The number of aryl methyl sites for hydroxylation is 1. The topological polar surface area (TPSA) is 56.0 Å². The van der Waals surface area contributed by atoms with Gasteiger partial charge in [0.1, 0.15) is 6.54 Å². The van der Waals surface area contributed by atoms with Gasteiger partial charge in [0.05, 0.1) is 16.7 Å². The number of benzene rings is 2. The highest BCUT2D eigenvalue weighted by Crippen LogP contribution is 2.26. The summed E-state index contributed by atoms with van der Waals surface area (Å²) in [6.07, 6.45) is 0. The van der Waals surface area contributed by atoms with Crippen molar-refractivity contribution >= 4 is 54.5 Å². The Bertz CT molecular complexity index is 960. The normalized spacial score (nSPS) is 10.9. The summed E-state index contributed by atoms with van der Waals surface area (Å²) in [5.74, 6) is -0.258. The van der Waals surface area contributed by atoms with E-state index in [1.165, 1.54) is 9.13 Å². The molecular weight excluding hydrogens is 426 g/mol. The predicted molar refractivity (Wildman–Crippen MR) is 97.7 cm³/mol. The Balaban J connectivity index is 1.89. The predicted octanol–water partition coefficient (Wildman–Crippen LogP) is 3.50. The van der Waals surface area contributed by atoms with Gasteiger partial charge >= 0.3 is 5.69 Å². The number of hydrogen-bond acceptors (Lipinski definition) is 2. The molecule has 2 aromatic carbocycles. The molecule has 0 aliphatic rings. The number of nitrogens with one attached hydrogen (secondary N) is 1. The molecule has 0 unspecified atom stereocenters. The van der Waals surface area contributed by atoms with Gasteiger partial charge in [0.25, 0.3) is 0 Å². The first-order valence-electron chi connectivity index (χ1n) is 6.86. The zero-order valence-electron chi connectivity index (χ0n) is 12.2. The van der Waals surface area contributed by atoms with Gasteiger partial charge in [0.15, 0.2) is 0 Å². The number of anilines is 1. The van der Waals surface area contributed by atoms with Gasteiger partial charge in [-0.2, -0.15) is 0 Å². The summed E-state index contributed by atoms with van der Waals surface area (Å²) < 4.78 is 4.69. The zero-order valence-corrected chi connectivity index (χ0v) is 15.4. The van der Waals surface area contributed by atoms with Gasteiger partial charge < -0.3 is 5.32 Å². The molecule has 7 heteroatoms. The molecule has 0 fully saturated rings. The average Bonchev–Trinajstić information content (AvgIpc) is 2.76. The van der Waals surface area contributed by atoms with Crippen LogP contribution >= 0.6 is 31.9 Å². The summed E-state index contributed by atoms with van der Waals surface area (Å²) in [6.45, 7) is -0.0390. The second kappa shape index (κ2) is 6.33. The van der Waals surface area contributed by atoms with Crippen LogP contribution in [0.15, 0.2) is 56.2 Å². The van der Waals surface area contributed by atoms with Crippen molar-refractivity contribution < 1.29 is 4.79 Å². The van der Waals surface area contributed by atoms with E-state index in [9.17, 15) is 9.59 Å². The highest BCUT2D eigenvalue weighted by atomic mass is 79.9. The SMILES string of the molecule is Cn1c(=O)n(CC(=O)Nc2ccc(Br)cc2Br)c2ccccc21. The molecule has 5 nitrogen and oxygen atoms in total. The lowest BCUT2D eigenvalue weighted by Crippen LogP contribution is -2.28. The largest absolute Gasteiger partial charge is 0.329 e. The summed E-state index contributed by atoms with van der Waals surface area (Å²) in [5.41, 5.74) is 1.99. The van der Waals surface area contributed by atoms with E-state index in [-0.39, 0.29) is 18.1 Å². The standard InChI is InChI=1S/C16H13Br2N3O2/c1-20-13-4-2-3-5-14(13)21(16(20)23)9-15(22)19-12-7-6-10(17)8-11(12)18/h2-8H,9H2,1H3,(H,19,22). The van der Waals surface area contributed by atoms with Crippen molar-refractivity contribution in [3.8, 4) is 0 Å². The van der Waals surface area contributed by atoms with Crippen LogP contribution in [0.3, 0.4) is 0 Å². The molecule has 118 valence electrons. The smallest absolute Gasteiger partial charge is 0.324 e. The lowest BCUT2D eigenvalue weighted by atomic mass is 10.3. The molecule has 3 aromatic rings. The maximum atomic E-state index is 12.3. The molecule has 0 bridgehead atoms. The summed E-state index contributed by atoms with van der Waals surface area (Å²) in [4.78, 5) is 24.6. The van der Waals surface area contributed by atoms with E-state index in [2.05, 4.69) is 37.2 Å². The molecule has 0 aliphatic carbocycles. The molecule has 1 amide bonds. The van der Waals surface area contributed by atoms with Crippen molar-refractivity contribution in [2.24, 2.45) is 7.05 Å². The van der Waals surface area contributed by atoms with Crippen LogP contribution in [-0.4, -0.2) is 15.0 Å². The Morgan fingerprint density at radius 3 is 2.52 bits per heavy atom. The molecule has 0 radical (unpaired) electrons. The molecule has 0 atom stereocenters. The van der Waals surface area contributed by atoms with Crippen molar-refractivity contribution in [2.45, 2.75) is 6.54 Å². The Morgan fingerprint density at radius 2 is 1.83 bits per heavy atom. The van der Waals surface area contributed by atoms with Crippen LogP contribution in [0.1, 0.15) is 0 Å². The number of aromatic nitrogens is 2. The van der Waals surface area contributed by atoms with E-state index in [0.717, 1.165) is 20.0 Å². The fourth-order valence-electron chi connectivity index (χ4n) is 2.44. The second-order valence-corrected chi connectivity index (χ2v) is 6.86. The molecule has 0 aliphatic heterocycles. The third-order valence-corrected chi connectivity index (χ3v) is 4.71. The summed E-state index contributed by atoms with van der Waals surface area (Å²) in [7, 11) is 1.70. The van der Waals surface area contributed by atoms with E-state index >= 15 is 0 Å². The van der Waals surface area contributed by atoms with Gasteiger partial charge in [-0.05, 0) is 46.3 Å². The van der Waals surface area contributed by atoms with Crippen LogP contribution in [-0.2, 0) is 18.4 Å². The van der Waals surface area contributed by atoms with E-state index in [0.29, 0.717) is 5.69 Å². The molecule has 1 N–H and O–H groups in total. The number of para-hydroxylation sites is 2. The summed E-state index contributed by atoms with van der Waals surface area (Å²) in [5, 5.41) is 2.81. The number of imidazole rings is 1. The number of amides is 1. The molecule has 0 saturated heterocycles. The van der Waals surface area contributed by atoms with Gasteiger partial charge in [0.2, 0.25) is 5.91 Å². The Morgan fingerprint density at radius 1 is 1.13 bits per heavy atom. The van der Waals surface area contributed by atoms with Gasteiger partial charge in [0, 0.05) is 16.0 Å². The number of rotatable bonds is 3. The maximum Gasteiger partial charge on any atom is 0.329 e. The molecular formula is C16H13Br2N3O2. The summed E-state index contributed by atoms with van der Waals surface area (Å²) >= 11 is 6.77. The molecule has 3 rings (SSSR count). The minimum Gasteiger partial charge on any atom is -0.324 e. The van der Waals surface area contributed by atoms with Crippen LogP contribution in [0.25, 0.3) is 11.0 Å². The highest BCUT2D eigenvalue weighted by molar-refractivity contribution is 9.11. The minimum atomic E-state index is -0.258. The van der Waals surface area contributed by atoms with E-state index < -0.39 is 0 Å². The van der Waals surface area contributed by atoms with Crippen LogP contribution in [0.2, 0.25) is 0 Å². The fourth-order valence-corrected chi connectivity index (χ4v) is 3.59. The number of carbonyl (C=O) groups excluding carboxylic acids is 1. The minimum absolute atomic E-state index is 0.0390. The molecule has 23 heavy (non-hydrogen) atoms. The average molecular weight is 439 g/mol. The molecule has 0 saturated carbocycles. The van der Waals surface area contributed by atoms with E-state index in [4.69, 9.17) is 0 Å². The lowest BCUT2D eigenvalue weighted by Gasteiger charge is -2.08. The third kappa shape index (κ3) is 3.11. The molecule has 1 aromatic heterocycles. The fraction of sp³-hybridized carbons (Fsp3) is 0.125. The second-order valence-electron chi connectivity index (χ2n) is 5.09. The van der Waals surface area contributed by atoms with Gasteiger partial charge in [-0.15, -0.1) is 0 Å². The van der Waals surface area contributed by atoms with Crippen molar-refractivity contribution in [3.63, 3.8) is 0 Å². The lowest BCUT2D eigenvalue weighted by molar-refractivity contribution is -0.116.